The van der Waals surface area contributed by atoms with Gasteiger partial charge in [-0.25, -0.2) is 4.98 Å². The summed E-state index contributed by atoms with van der Waals surface area (Å²) < 4.78 is 11.2. The first-order valence-corrected chi connectivity index (χ1v) is 8.07. The maximum Gasteiger partial charge on any atom is 0.226 e. The number of nitrogens with one attached hydrogen (secondary N) is 1. The third-order valence-corrected chi connectivity index (χ3v) is 3.65. The summed E-state index contributed by atoms with van der Waals surface area (Å²) in [5, 5.41) is 3.42. The zero-order valence-electron chi connectivity index (χ0n) is 12.8. The van der Waals surface area contributed by atoms with Crippen molar-refractivity contribution in [3.63, 3.8) is 0 Å². The molecule has 1 N–H and O–H groups in total. The summed E-state index contributed by atoms with van der Waals surface area (Å²) in [6, 6.07) is 7.54. The summed E-state index contributed by atoms with van der Waals surface area (Å²) >= 11 is 1.47. The predicted octanol–water partition coefficient (Wildman–Crippen LogP) is 3.65. The number of thiazole rings is 1. The van der Waals surface area contributed by atoms with Crippen molar-refractivity contribution in [2.75, 3.05) is 18.5 Å². The zero-order valence-corrected chi connectivity index (χ0v) is 13.6. The number of nitrogens with zero attached hydrogens (tertiary/aromatic N) is 1. The third kappa shape index (κ3) is 5.04. The van der Waals surface area contributed by atoms with E-state index in [4.69, 9.17) is 9.47 Å². The number of benzene rings is 1. The molecule has 5 nitrogen and oxygen atoms in total. The van der Waals surface area contributed by atoms with Crippen LogP contribution in [0.25, 0.3) is 0 Å². The Morgan fingerprint density at radius 3 is 2.64 bits per heavy atom. The van der Waals surface area contributed by atoms with Gasteiger partial charge >= 0.3 is 0 Å². The Morgan fingerprint density at radius 2 is 2.00 bits per heavy atom. The second-order valence-electron chi connectivity index (χ2n) is 4.66. The van der Waals surface area contributed by atoms with Crippen LogP contribution in [0.4, 0.5) is 5.13 Å². The van der Waals surface area contributed by atoms with E-state index in [9.17, 15) is 4.79 Å². The van der Waals surface area contributed by atoms with Crippen molar-refractivity contribution in [1.82, 2.24) is 4.98 Å². The molecule has 0 saturated heterocycles. The topological polar surface area (TPSA) is 60.5 Å². The molecule has 0 fully saturated rings. The average Bonchev–Trinajstić information content (AvgIpc) is 2.90. The van der Waals surface area contributed by atoms with E-state index in [1.807, 2.05) is 38.1 Å². The first kappa shape index (κ1) is 16.3. The number of aryl methyl sites for hydroxylation is 1. The third-order valence-electron chi connectivity index (χ3n) is 2.82. The summed E-state index contributed by atoms with van der Waals surface area (Å²) in [6.45, 7) is 4.95. The van der Waals surface area contributed by atoms with Crippen LogP contribution < -0.4 is 14.8 Å². The molecule has 0 aliphatic carbocycles. The van der Waals surface area contributed by atoms with Crippen LogP contribution >= 0.6 is 11.3 Å². The fourth-order valence-corrected chi connectivity index (χ4v) is 2.53. The van der Waals surface area contributed by atoms with Gasteiger partial charge in [0.25, 0.3) is 0 Å². The molecule has 118 valence electrons. The Labute approximate surface area is 134 Å². The SMILES string of the molecule is CCOc1ccccc1OCCCC(=O)Nc1ncc(C)s1. The highest BCUT2D eigenvalue weighted by atomic mass is 32.1. The van der Waals surface area contributed by atoms with E-state index in [1.54, 1.807) is 6.20 Å². The molecule has 1 aromatic carbocycles. The average molecular weight is 320 g/mol. The Bertz CT molecular complexity index is 613. The van der Waals surface area contributed by atoms with Crippen LogP contribution in [-0.4, -0.2) is 24.1 Å². The van der Waals surface area contributed by atoms with Gasteiger partial charge in [0, 0.05) is 17.5 Å². The second-order valence-corrected chi connectivity index (χ2v) is 5.89. The van der Waals surface area contributed by atoms with Crippen molar-refractivity contribution >= 4 is 22.4 Å². The van der Waals surface area contributed by atoms with Crippen LogP contribution in [0.1, 0.15) is 24.6 Å². The lowest BCUT2D eigenvalue weighted by Gasteiger charge is -2.11. The largest absolute Gasteiger partial charge is 0.490 e. The molecule has 1 aromatic heterocycles. The van der Waals surface area contributed by atoms with Crippen LogP contribution in [0.2, 0.25) is 0 Å². The van der Waals surface area contributed by atoms with Gasteiger partial charge in [0.1, 0.15) is 0 Å². The van der Waals surface area contributed by atoms with Crippen molar-refractivity contribution in [3.05, 3.63) is 35.3 Å². The van der Waals surface area contributed by atoms with E-state index < -0.39 is 0 Å². The number of aromatic nitrogens is 1. The van der Waals surface area contributed by atoms with Crippen molar-refractivity contribution < 1.29 is 14.3 Å². The van der Waals surface area contributed by atoms with Gasteiger partial charge in [-0.1, -0.05) is 12.1 Å². The Balaban J connectivity index is 1.71. The molecular formula is C16H20N2O3S. The van der Waals surface area contributed by atoms with Crippen LogP contribution in [0.3, 0.4) is 0 Å². The van der Waals surface area contributed by atoms with E-state index in [0.29, 0.717) is 36.9 Å². The van der Waals surface area contributed by atoms with E-state index in [-0.39, 0.29) is 5.91 Å². The smallest absolute Gasteiger partial charge is 0.226 e. The molecule has 0 saturated carbocycles. The molecule has 0 spiro atoms. The number of rotatable bonds is 8. The van der Waals surface area contributed by atoms with Gasteiger partial charge in [0.05, 0.1) is 13.2 Å². The summed E-state index contributed by atoms with van der Waals surface area (Å²) in [7, 11) is 0. The normalized spacial score (nSPS) is 10.3. The summed E-state index contributed by atoms with van der Waals surface area (Å²) in [5.41, 5.74) is 0. The number of carbonyl (C=O) groups is 1. The molecule has 0 bridgehead atoms. The molecule has 0 atom stereocenters. The van der Waals surface area contributed by atoms with E-state index >= 15 is 0 Å². The van der Waals surface area contributed by atoms with Crippen molar-refractivity contribution in [1.29, 1.82) is 0 Å². The fourth-order valence-electron chi connectivity index (χ4n) is 1.85. The van der Waals surface area contributed by atoms with Gasteiger partial charge in [-0.3, -0.25) is 4.79 Å². The minimum atomic E-state index is -0.0453. The molecular weight excluding hydrogens is 300 g/mol. The number of carbonyl (C=O) groups excluding carboxylic acids is 1. The monoisotopic (exact) mass is 320 g/mol. The molecule has 1 heterocycles. The number of anilines is 1. The maximum absolute atomic E-state index is 11.8. The van der Waals surface area contributed by atoms with Gasteiger partial charge in [0.2, 0.25) is 5.91 Å². The quantitative estimate of drug-likeness (QED) is 0.754. The van der Waals surface area contributed by atoms with E-state index in [0.717, 1.165) is 10.6 Å². The summed E-state index contributed by atoms with van der Waals surface area (Å²) in [4.78, 5) is 17.0. The number of amides is 1. The van der Waals surface area contributed by atoms with Gasteiger partial charge in [-0.15, -0.1) is 11.3 Å². The first-order chi connectivity index (χ1) is 10.7. The summed E-state index contributed by atoms with van der Waals surface area (Å²) in [5.74, 6) is 1.39. The highest BCUT2D eigenvalue weighted by molar-refractivity contribution is 7.15. The molecule has 1 amide bonds. The first-order valence-electron chi connectivity index (χ1n) is 7.26. The maximum atomic E-state index is 11.8. The van der Waals surface area contributed by atoms with Crippen molar-refractivity contribution in [2.45, 2.75) is 26.7 Å². The number of hydrogen-bond acceptors (Lipinski definition) is 5. The number of para-hydroxylation sites is 2. The molecule has 0 aliphatic rings. The lowest BCUT2D eigenvalue weighted by Crippen LogP contribution is -2.12. The fraction of sp³-hybridized carbons (Fsp3) is 0.375. The molecule has 2 rings (SSSR count). The van der Waals surface area contributed by atoms with Crippen LogP contribution in [0.15, 0.2) is 30.5 Å². The minimum absolute atomic E-state index is 0.0453. The van der Waals surface area contributed by atoms with Crippen molar-refractivity contribution in [2.24, 2.45) is 0 Å². The molecule has 6 heteroatoms. The predicted molar refractivity (Wildman–Crippen MR) is 87.8 cm³/mol. The molecule has 22 heavy (non-hydrogen) atoms. The molecule has 0 unspecified atom stereocenters. The van der Waals surface area contributed by atoms with E-state index in [1.165, 1.54) is 11.3 Å². The van der Waals surface area contributed by atoms with Gasteiger partial charge < -0.3 is 14.8 Å². The molecule has 0 radical (unpaired) electrons. The molecule has 0 aliphatic heterocycles. The van der Waals surface area contributed by atoms with Gasteiger partial charge in [-0.05, 0) is 32.4 Å². The van der Waals surface area contributed by atoms with Crippen LogP contribution in [-0.2, 0) is 4.79 Å². The van der Waals surface area contributed by atoms with Crippen LogP contribution in [0.5, 0.6) is 11.5 Å². The second kappa shape index (κ2) is 8.38. The Kier molecular flexibility index (Phi) is 6.21. The Hall–Kier alpha value is -2.08. The standard InChI is InChI=1S/C16H20N2O3S/c1-3-20-13-7-4-5-8-14(13)21-10-6-9-15(19)18-16-17-11-12(2)22-16/h4-5,7-8,11H,3,6,9-10H2,1-2H3,(H,17,18,19). The highest BCUT2D eigenvalue weighted by Gasteiger charge is 2.07. The van der Waals surface area contributed by atoms with Gasteiger partial charge in [0.15, 0.2) is 16.6 Å². The zero-order chi connectivity index (χ0) is 15.8. The minimum Gasteiger partial charge on any atom is -0.490 e. The number of hydrogen-bond donors (Lipinski definition) is 1. The van der Waals surface area contributed by atoms with E-state index in [2.05, 4.69) is 10.3 Å². The molecule has 2 aromatic rings. The van der Waals surface area contributed by atoms with Crippen molar-refractivity contribution in [3.8, 4) is 11.5 Å². The highest BCUT2D eigenvalue weighted by Crippen LogP contribution is 2.26. The van der Waals surface area contributed by atoms with Crippen LogP contribution in [0, 0.1) is 6.92 Å². The summed E-state index contributed by atoms with van der Waals surface area (Å²) in [6.07, 6.45) is 2.78. The van der Waals surface area contributed by atoms with Gasteiger partial charge in [-0.2, -0.15) is 0 Å². The lowest BCUT2D eigenvalue weighted by atomic mass is 10.3. The number of ether oxygens (including phenoxy) is 2. The Morgan fingerprint density at radius 1 is 1.27 bits per heavy atom. The lowest BCUT2D eigenvalue weighted by molar-refractivity contribution is -0.116.